The third-order valence-electron chi connectivity index (χ3n) is 6.30. The van der Waals surface area contributed by atoms with Crippen molar-refractivity contribution in [2.45, 2.75) is 51.0 Å². The molecule has 0 saturated carbocycles. The van der Waals surface area contributed by atoms with Gasteiger partial charge in [-0.05, 0) is 51.6 Å². The van der Waals surface area contributed by atoms with E-state index in [2.05, 4.69) is 30.7 Å². The molecule has 0 spiro atoms. The van der Waals surface area contributed by atoms with E-state index < -0.39 is 5.54 Å². The fourth-order valence-corrected chi connectivity index (χ4v) is 4.53. The van der Waals surface area contributed by atoms with Crippen molar-refractivity contribution in [3.63, 3.8) is 0 Å². The van der Waals surface area contributed by atoms with Gasteiger partial charge in [0.2, 0.25) is 0 Å². The molecule has 0 aromatic heterocycles. The number of hydrogen-bond donors (Lipinski definition) is 3. The molecule has 3 fully saturated rings. The van der Waals surface area contributed by atoms with Gasteiger partial charge in [-0.1, -0.05) is 12.8 Å². The van der Waals surface area contributed by atoms with Gasteiger partial charge in [0, 0.05) is 33.2 Å². The van der Waals surface area contributed by atoms with Crippen LogP contribution in [0.15, 0.2) is 4.99 Å². The van der Waals surface area contributed by atoms with E-state index in [1.807, 2.05) is 14.0 Å². The average molecular weight is 379 g/mol. The lowest BCUT2D eigenvalue weighted by molar-refractivity contribution is -0.125. The Balaban J connectivity index is 1.44. The molecule has 3 amide bonds. The van der Waals surface area contributed by atoms with Gasteiger partial charge in [0.15, 0.2) is 5.96 Å². The van der Waals surface area contributed by atoms with Crippen molar-refractivity contribution in [1.82, 2.24) is 25.8 Å². The Bertz CT molecular complexity index is 565. The van der Waals surface area contributed by atoms with Crippen LogP contribution in [-0.2, 0) is 4.79 Å². The van der Waals surface area contributed by atoms with Gasteiger partial charge in [-0.25, -0.2) is 4.79 Å². The van der Waals surface area contributed by atoms with Crippen molar-refractivity contribution in [2.75, 3.05) is 46.3 Å². The fourth-order valence-electron chi connectivity index (χ4n) is 4.53. The van der Waals surface area contributed by atoms with Crippen molar-refractivity contribution < 1.29 is 9.59 Å². The molecular weight excluding hydrogens is 344 g/mol. The normalized spacial score (nSPS) is 28.7. The second kappa shape index (κ2) is 8.91. The Morgan fingerprint density at radius 3 is 2.37 bits per heavy atom. The number of amides is 3. The van der Waals surface area contributed by atoms with Crippen LogP contribution >= 0.6 is 0 Å². The van der Waals surface area contributed by atoms with Gasteiger partial charge in [0.1, 0.15) is 5.54 Å². The smallest absolute Gasteiger partial charge is 0.322 e. The van der Waals surface area contributed by atoms with Gasteiger partial charge in [0.05, 0.1) is 0 Å². The molecule has 0 aromatic carbocycles. The van der Waals surface area contributed by atoms with Crippen LogP contribution in [0.1, 0.15) is 45.4 Å². The molecule has 3 saturated heterocycles. The summed E-state index contributed by atoms with van der Waals surface area (Å²) in [6.07, 6.45) is 7.06. The third-order valence-corrected chi connectivity index (χ3v) is 6.30. The topological polar surface area (TPSA) is 89.1 Å². The second-order valence-electron chi connectivity index (χ2n) is 8.10. The summed E-state index contributed by atoms with van der Waals surface area (Å²) in [5.41, 5.74) is -0.785. The Morgan fingerprint density at radius 2 is 1.81 bits per heavy atom. The number of carbonyl (C=O) groups is 2. The lowest BCUT2D eigenvalue weighted by Gasteiger charge is -2.39. The van der Waals surface area contributed by atoms with E-state index in [9.17, 15) is 9.59 Å². The van der Waals surface area contributed by atoms with E-state index in [4.69, 9.17) is 0 Å². The number of hydrogen-bond acceptors (Lipinski definition) is 4. The maximum absolute atomic E-state index is 12.1. The molecule has 0 radical (unpaired) electrons. The van der Waals surface area contributed by atoms with Crippen LogP contribution in [0.4, 0.5) is 4.79 Å². The zero-order valence-electron chi connectivity index (χ0n) is 16.7. The largest absolute Gasteiger partial charge is 0.355 e. The highest BCUT2D eigenvalue weighted by molar-refractivity contribution is 6.07. The molecular formula is C19H34N6O2. The van der Waals surface area contributed by atoms with Gasteiger partial charge in [0.25, 0.3) is 5.91 Å². The minimum absolute atomic E-state index is 0.149. The number of urea groups is 1. The molecule has 3 aliphatic heterocycles. The fraction of sp³-hybridized carbons (Fsp3) is 0.842. The van der Waals surface area contributed by atoms with Crippen LogP contribution in [0, 0.1) is 5.92 Å². The van der Waals surface area contributed by atoms with Crippen molar-refractivity contribution in [3.8, 4) is 0 Å². The molecule has 27 heavy (non-hydrogen) atoms. The number of likely N-dealkylation sites (tertiary alicyclic amines) is 2. The number of rotatable bonds is 4. The molecule has 3 N–H and O–H groups in total. The predicted octanol–water partition coefficient (Wildman–Crippen LogP) is 0.748. The maximum Gasteiger partial charge on any atom is 0.322 e. The minimum Gasteiger partial charge on any atom is -0.355 e. The van der Waals surface area contributed by atoms with Gasteiger partial charge in [-0.2, -0.15) is 0 Å². The van der Waals surface area contributed by atoms with Gasteiger partial charge < -0.3 is 20.4 Å². The van der Waals surface area contributed by atoms with Crippen molar-refractivity contribution in [1.29, 1.82) is 0 Å². The second-order valence-corrected chi connectivity index (χ2v) is 8.10. The first-order valence-electron chi connectivity index (χ1n) is 10.3. The number of guanidine groups is 1. The molecule has 8 heteroatoms. The number of imide groups is 1. The molecule has 0 aromatic rings. The van der Waals surface area contributed by atoms with Crippen LogP contribution in [0.2, 0.25) is 0 Å². The molecule has 0 bridgehead atoms. The van der Waals surface area contributed by atoms with Crippen LogP contribution in [-0.4, -0.2) is 79.6 Å². The van der Waals surface area contributed by atoms with E-state index in [0.29, 0.717) is 0 Å². The summed E-state index contributed by atoms with van der Waals surface area (Å²) in [7, 11) is 1.83. The van der Waals surface area contributed by atoms with Crippen LogP contribution < -0.4 is 16.0 Å². The minimum atomic E-state index is -0.785. The number of carbonyl (C=O) groups excluding carboxylic acids is 2. The average Bonchev–Trinajstić information content (AvgIpc) is 2.84. The summed E-state index contributed by atoms with van der Waals surface area (Å²) in [6.45, 7) is 7.89. The van der Waals surface area contributed by atoms with E-state index in [0.717, 1.165) is 45.0 Å². The van der Waals surface area contributed by atoms with E-state index in [1.54, 1.807) is 0 Å². The van der Waals surface area contributed by atoms with Crippen molar-refractivity contribution in [3.05, 3.63) is 0 Å². The SMILES string of the molecule is CN=C(NCCN1CCCCCC1)N1CCC(C2(C)NC(=O)NC2=O)CC1. The summed E-state index contributed by atoms with van der Waals surface area (Å²) < 4.78 is 0. The van der Waals surface area contributed by atoms with Crippen LogP contribution in [0.3, 0.4) is 0 Å². The van der Waals surface area contributed by atoms with E-state index in [-0.39, 0.29) is 17.9 Å². The van der Waals surface area contributed by atoms with Gasteiger partial charge >= 0.3 is 6.03 Å². The standard InChI is InChI=1S/C19H34N6O2/c1-19(16(26)22-18(27)23-19)15-7-12-25(13-8-15)17(20-2)21-9-14-24-10-5-3-4-6-11-24/h15H,3-14H2,1-2H3,(H,20,21)(H2,22,23,26,27). The Kier molecular flexibility index (Phi) is 6.57. The number of aliphatic imine (C=N–C) groups is 1. The lowest BCUT2D eigenvalue weighted by atomic mass is 9.79. The zero-order valence-corrected chi connectivity index (χ0v) is 16.7. The molecule has 152 valence electrons. The first kappa shape index (κ1) is 19.9. The Labute approximate surface area is 162 Å². The van der Waals surface area contributed by atoms with Gasteiger partial charge in [-0.15, -0.1) is 0 Å². The number of nitrogens with one attached hydrogen (secondary N) is 3. The van der Waals surface area contributed by atoms with Crippen LogP contribution in [0.5, 0.6) is 0 Å². The lowest BCUT2D eigenvalue weighted by Crippen LogP contribution is -2.55. The van der Waals surface area contributed by atoms with Crippen molar-refractivity contribution >= 4 is 17.9 Å². The zero-order chi connectivity index (χ0) is 19.3. The Hall–Kier alpha value is -1.83. The highest BCUT2D eigenvalue weighted by atomic mass is 16.2. The first-order chi connectivity index (χ1) is 13.0. The first-order valence-corrected chi connectivity index (χ1v) is 10.3. The third kappa shape index (κ3) is 4.72. The molecule has 3 aliphatic rings. The van der Waals surface area contributed by atoms with E-state index >= 15 is 0 Å². The summed E-state index contributed by atoms with van der Waals surface area (Å²) in [5, 5.41) is 8.69. The van der Waals surface area contributed by atoms with Crippen molar-refractivity contribution in [2.24, 2.45) is 10.9 Å². The van der Waals surface area contributed by atoms with Crippen LogP contribution in [0.25, 0.3) is 0 Å². The maximum atomic E-state index is 12.1. The predicted molar refractivity (Wildman–Crippen MR) is 106 cm³/mol. The highest BCUT2D eigenvalue weighted by Gasteiger charge is 2.48. The summed E-state index contributed by atoms with van der Waals surface area (Å²) in [6, 6.07) is -0.379. The van der Waals surface area contributed by atoms with Gasteiger partial charge in [-0.3, -0.25) is 15.1 Å². The molecule has 0 aliphatic carbocycles. The highest BCUT2D eigenvalue weighted by Crippen LogP contribution is 2.30. The quantitative estimate of drug-likeness (QED) is 0.382. The molecule has 8 nitrogen and oxygen atoms in total. The molecule has 1 atom stereocenters. The van der Waals surface area contributed by atoms with E-state index in [1.165, 1.54) is 38.8 Å². The Morgan fingerprint density at radius 1 is 1.15 bits per heavy atom. The summed E-state index contributed by atoms with van der Waals surface area (Å²) in [4.78, 5) is 32.9. The number of piperidine rings is 1. The summed E-state index contributed by atoms with van der Waals surface area (Å²) >= 11 is 0. The molecule has 1 unspecified atom stereocenters. The molecule has 3 heterocycles. The molecule has 3 rings (SSSR count). The number of nitrogens with zero attached hydrogens (tertiary/aromatic N) is 3. The summed E-state index contributed by atoms with van der Waals surface area (Å²) in [5.74, 6) is 0.884. The monoisotopic (exact) mass is 378 g/mol.